The zero-order chi connectivity index (χ0) is 17.6. The van der Waals surface area contributed by atoms with E-state index in [0.29, 0.717) is 0 Å². The summed E-state index contributed by atoms with van der Waals surface area (Å²) in [5, 5.41) is 8.42. The van der Waals surface area contributed by atoms with E-state index in [0.717, 1.165) is 41.2 Å². The number of pyridine rings is 1. The predicted octanol–water partition coefficient (Wildman–Crippen LogP) is 3.91. The Balaban J connectivity index is 1.68. The fourth-order valence-electron chi connectivity index (χ4n) is 3.44. The van der Waals surface area contributed by atoms with E-state index in [-0.39, 0.29) is 23.9 Å². The van der Waals surface area contributed by atoms with Crippen LogP contribution in [0.25, 0.3) is 5.65 Å². The summed E-state index contributed by atoms with van der Waals surface area (Å²) in [6.45, 7) is 4.16. The monoisotopic (exact) mass is 340 g/mol. The number of fused-ring (bicyclic) bond motifs is 2. The summed E-state index contributed by atoms with van der Waals surface area (Å²) in [4.78, 5) is 0. The van der Waals surface area contributed by atoms with Crippen LogP contribution in [0.1, 0.15) is 61.7 Å². The molecule has 2 heterocycles. The first-order valence-electron chi connectivity index (χ1n) is 8.59. The molecule has 1 aliphatic rings. The molecule has 3 aromatic rings. The van der Waals surface area contributed by atoms with Crippen molar-refractivity contribution in [3.8, 4) is 5.75 Å². The van der Waals surface area contributed by atoms with Crippen molar-refractivity contribution in [1.29, 1.82) is 0 Å². The van der Waals surface area contributed by atoms with Crippen LogP contribution in [-0.2, 0) is 0 Å². The van der Waals surface area contributed by atoms with E-state index in [2.05, 4.69) is 24.0 Å². The van der Waals surface area contributed by atoms with Crippen LogP contribution in [0.4, 0.5) is 4.39 Å². The molecule has 0 bridgehead atoms. The first-order chi connectivity index (χ1) is 12.0. The molecule has 6 heteroatoms. The zero-order valence-corrected chi connectivity index (χ0v) is 14.3. The van der Waals surface area contributed by atoms with Crippen molar-refractivity contribution in [3.05, 3.63) is 59.3 Å². The molecule has 0 saturated heterocycles. The van der Waals surface area contributed by atoms with Gasteiger partial charge in [0.1, 0.15) is 23.5 Å². The van der Waals surface area contributed by atoms with Gasteiger partial charge in [0, 0.05) is 12.0 Å². The van der Waals surface area contributed by atoms with Crippen molar-refractivity contribution in [1.82, 2.24) is 14.6 Å². The third-order valence-corrected chi connectivity index (χ3v) is 4.73. The summed E-state index contributed by atoms with van der Waals surface area (Å²) in [6.07, 6.45) is 3.36. The SMILES string of the molecule is CC(C)c1nnc2ccc(O[C@@H]3CC[C@H](N)c4cc(F)ccc43)cn12. The fourth-order valence-corrected chi connectivity index (χ4v) is 3.44. The summed E-state index contributed by atoms with van der Waals surface area (Å²) >= 11 is 0. The summed E-state index contributed by atoms with van der Waals surface area (Å²) < 4.78 is 21.8. The van der Waals surface area contributed by atoms with Crippen LogP contribution in [0.3, 0.4) is 0 Å². The van der Waals surface area contributed by atoms with E-state index in [1.807, 2.05) is 22.7 Å². The number of nitrogens with zero attached hydrogens (tertiary/aromatic N) is 3. The molecule has 0 unspecified atom stereocenters. The van der Waals surface area contributed by atoms with Crippen molar-refractivity contribution < 1.29 is 9.13 Å². The molecule has 0 aliphatic heterocycles. The lowest BCUT2D eigenvalue weighted by Crippen LogP contribution is -2.23. The minimum absolute atomic E-state index is 0.133. The second-order valence-corrected chi connectivity index (χ2v) is 6.87. The van der Waals surface area contributed by atoms with Crippen LogP contribution in [0.2, 0.25) is 0 Å². The number of rotatable bonds is 3. The molecule has 1 aliphatic carbocycles. The maximum absolute atomic E-state index is 13.6. The zero-order valence-electron chi connectivity index (χ0n) is 14.3. The number of benzene rings is 1. The van der Waals surface area contributed by atoms with Crippen LogP contribution >= 0.6 is 0 Å². The van der Waals surface area contributed by atoms with Gasteiger partial charge in [0.2, 0.25) is 0 Å². The lowest BCUT2D eigenvalue weighted by molar-refractivity contribution is 0.176. The topological polar surface area (TPSA) is 65.4 Å². The minimum atomic E-state index is -0.262. The predicted molar refractivity (Wildman–Crippen MR) is 93.0 cm³/mol. The highest BCUT2D eigenvalue weighted by atomic mass is 19.1. The Labute approximate surface area is 145 Å². The third-order valence-electron chi connectivity index (χ3n) is 4.73. The molecule has 130 valence electrons. The summed E-state index contributed by atoms with van der Waals surface area (Å²) in [6, 6.07) is 8.42. The number of hydrogen-bond acceptors (Lipinski definition) is 4. The van der Waals surface area contributed by atoms with Gasteiger partial charge in [-0.1, -0.05) is 19.9 Å². The number of halogens is 1. The first kappa shape index (κ1) is 16.0. The molecule has 2 N–H and O–H groups in total. The normalized spacial score (nSPS) is 20.0. The number of aromatic nitrogens is 3. The van der Waals surface area contributed by atoms with Crippen LogP contribution in [0, 0.1) is 5.82 Å². The standard InChI is InChI=1S/C19H21FN4O/c1-11(2)19-23-22-18-8-4-13(10-24(18)19)25-17-7-6-16(21)15-9-12(20)3-5-14(15)17/h3-5,8-11,16-17H,6-7,21H2,1-2H3/t16-,17+/m0/s1. The van der Waals surface area contributed by atoms with Gasteiger partial charge in [-0.2, -0.15) is 0 Å². The van der Waals surface area contributed by atoms with Gasteiger partial charge in [-0.25, -0.2) is 4.39 Å². The van der Waals surface area contributed by atoms with E-state index in [9.17, 15) is 4.39 Å². The second-order valence-electron chi connectivity index (χ2n) is 6.87. The second kappa shape index (κ2) is 6.11. The lowest BCUT2D eigenvalue weighted by atomic mass is 9.86. The van der Waals surface area contributed by atoms with Crippen LogP contribution < -0.4 is 10.5 Å². The average molecular weight is 340 g/mol. The van der Waals surface area contributed by atoms with Crippen molar-refractivity contribution in [2.75, 3.05) is 0 Å². The van der Waals surface area contributed by atoms with Crippen LogP contribution in [-0.4, -0.2) is 14.6 Å². The van der Waals surface area contributed by atoms with E-state index < -0.39 is 0 Å². The number of ether oxygens (including phenoxy) is 1. The Morgan fingerprint density at radius 3 is 2.80 bits per heavy atom. The quantitative estimate of drug-likeness (QED) is 0.785. The molecule has 0 saturated carbocycles. The smallest absolute Gasteiger partial charge is 0.161 e. The summed E-state index contributed by atoms with van der Waals surface area (Å²) in [7, 11) is 0. The Bertz CT molecular complexity index is 921. The van der Waals surface area contributed by atoms with Crippen LogP contribution in [0.5, 0.6) is 5.75 Å². The van der Waals surface area contributed by atoms with Gasteiger partial charge in [-0.3, -0.25) is 4.40 Å². The molecule has 25 heavy (non-hydrogen) atoms. The molecule has 1 aromatic carbocycles. The molecule has 0 radical (unpaired) electrons. The Morgan fingerprint density at radius 2 is 2.00 bits per heavy atom. The van der Waals surface area contributed by atoms with Gasteiger partial charge in [-0.15, -0.1) is 10.2 Å². The highest BCUT2D eigenvalue weighted by Crippen LogP contribution is 2.38. The Hall–Kier alpha value is -2.47. The lowest BCUT2D eigenvalue weighted by Gasteiger charge is -2.30. The molecule has 0 fully saturated rings. The van der Waals surface area contributed by atoms with Gasteiger partial charge in [-0.05, 0) is 48.2 Å². The molecule has 0 spiro atoms. The number of hydrogen-bond donors (Lipinski definition) is 1. The molecule has 0 amide bonds. The molecule has 2 atom stereocenters. The maximum atomic E-state index is 13.6. The van der Waals surface area contributed by atoms with Crippen molar-refractivity contribution >= 4 is 5.65 Å². The van der Waals surface area contributed by atoms with Crippen molar-refractivity contribution in [3.63, 3.8) is 0 Å². The fraction of sp³-hybridized carbons (Fsp3) is 0.368. The molecular weight excluding hydrogens is 319 g/mol. The van der Waals surface area contributed by atoms with E-state index in [1.165, 1.54) is 12.1 Å². The average Bonchev–Trinajstić information content (AvgIpc) is 3.01. The highest BCUT2D eigenvalue weighted by Gasteiger charge is 2.27. The molecular formula is C19H21FN4O. The van der Waals surface area contributed by atoms with Gasteiger partial charge in [0.15, 0.2) is 5.65 Å². The van der Waals surface area contributed by atoms with Gasteiger partial charge in [0.25, 0.3) is 0 Å². The van der Waals surface area contributed by atoms with Crippen LogP contribution in [0.15, 0.2) is 36.5 Å². The molecule has 2 aromatic heterocycles. The van der Waals surface area contributed by atoms with E-state index in [4.69, 9.17) is 10.5 Å². The van der Waals surface area contributed by atoms with E-state index in [1.54, 1.807) is 6.07 Å². The Morgan fingerprint density at radius 1 is 1.16 bits per heavy atom. The van der Waals surface area contributed by atoms with Gasteiger partial charge in [0.05, 0.1) is 6.20 Å². The number of nitrogens with two attached hydrogens (primary N) is 1. The summed E-state index contributed by atoms with van der Waals surface area (Å²) in [5.74, 6) is 1.64. The van der Waals surface area contributed by atoms with Crippen molar-refractivity contribution in [2.24, 2.45) is 5.73 Å². The minimum Gasteiger partial charge on any atom is -0.484 e. The maximum Gasteiger partial charge on any atom is 0.161 e. The van der Waals surface area contributed by atoms with Crippen molar-refractivity contribution in [2.45, 2.75) is 44.8 Å². The van der Waals surface area contributed by atoms with Gasteiger partial charge < -0.3 is 10.5 Å². The van der Waals surface area contributed by atoms with E-state index >= 15 is 0 Å². The Kier molecular flexibility index (Phi) is 3.92. The largest absolute Gasteiger partial charge is 0.484 e. The third kappa shape index (κ3) is 2.87. The molecule has 5 nitrogen and oxygen atoms in total. The highest BCUT2D eigenvalue weighted by molar-refractivity contribution is 5.42. The van der Waals surface area contributed by atoms with Gasteiger partial charge >= 0.3 is 0 Å². The first-order valence-corrected chi connectivity index (χ1v) is 8.59. The summed E-state index contributed by atoms with van der Waals surface area (Å²) in [5.41, 5.74) is 8.74. The molecule has 4 rings (SSSR count).